The minimum absolute atomic E-state index is 0.358. The molecule has 1 aliphatic carbocycles. The van der Waals surface area contributed by atoms with E-state index >= 15 is 0 Å². The largest absolute Gasteiger partial charge is 0.460 e. The van der Waals surface area contributed by atoms with Crippen LogP contribution in [0.4, 0.5) is 0 Å². The summed E-state index contributed by atoms with van der Waals surface area (Å²) in [7, 11) is 0. The SMILES string of the molecule is Clc1ccc2c(c1)OC1=C(Br)C=CCC12. The van der Waals surface area contributed by atoms with Crippen molar-refractivity contribution in [3.05, 3.63) is 51.2 Å². The second-order valence-electron chi connectivity index (χ2n) is 3.69. The molecule has 3 heteroatoms. The van der Waals surface area contributed by atoms with Crippen molar-refractivity contribution in [3.8, 4) is 5.75 Å². The summed E-state index contributed by atoms with van der Waals surface area (Å²) in [5.41, 5.74) is 1.23. The van der Waals surface area contributed by atoms with E-state index in [9.17, 15) is 0 Å². The van der Waals surface area contributed by atoms with Gasteiger partial charge in [-0.2, -0.15) is 0 Å². The summed E-state index contributed by atoms with van der Waals surface area (Å²) < 4.78 is 6.83. The zero-order valence-corrected chi connectivity index (χ0v) is 10.2. The van der Waals surface area contributed by atoms with Gasteiger partial charge in [0.1, 0.15) is 11.5 Å². The normalized spacial score (nSPS) is 22.4. The molecule has 1 aliphatic heterocycles. The number of benzene rings is 1. The van der Waals surface area contributed by atoms with E-state index in [0.717, 1.165) is 27.4 Å². The van der Waals surface area contributed by atoms with Gasteiger partial charge in [-0.15, -0.1) is 0 Å². The molecule has 0 amide bonds. The van der Waals surface area contributed by atoms with Crippen molar-refractivity contribution in [2.24, 2.45) is 0 Å². The average Bonchev–Trinajstić information content (AvgIpc) is 2.57. The highest BCUT2D eigenvalue weighted by Gasteiger charge is 2.32. The zero-order chi connectivity index (χ0) is 10.4. The van der Waals surface area contributed by atoms with E-state index in [1.165, 1.54) is 5.56 Å². The Balaban J connectivity index is 2.15. The average molecular weight is 284 g/mol. The van der Waals surface area contributed by atoms with Crippen LogP contribution in [0.25, 0.3) is 0 Å². The van der Waals surface area contributed by atoms with Gasteiger partial charge < -0.3 is 4.74 Å². The third kappa shape index (κ3) is 1.44. The van der Waals surface area contributed by atoms with E-state index in [4.69, 9.17) is 16.3 Å². The van der Waals surface area contributed by atoms with Crippen molar-refractivity contribution in [1.29, 1.82) is 0 Å². The van der Waals surface area contributed by atoms with Crippen molar-refractivity contribution in [2.75, 3.05) is 0 Å². The van der Waals surface area contributed by atoms with E-state index in [-0.39, 0.29) is 0 Å². The molecule has 1 unspecified atom stereocenters. The van der Waals surface area contributed by atoms with Crippen molar-refractivity contribution >= 4 is 27.5 Å². The summed E-state index contributed by atoms with van der Waals surface area (Å²) >= 11 is 9.44. The molecule has 0 spiro atoms. The first-order chi connectivity index (χ1) is 7.25. The molecule has 0 fully saturated rings. The lowest BCUT2D eigenvalue weighted by molar-refractivity contribution is 0.424. The highest BCUT2D eigenvalue weighted by Crippen LogP contribution is 2.47. The van der Waals surface area contributed by atoms with Gasteiger partial charge in [-0.1, -0.05) is 23.7 Å². The third-order valence-electron chi connectivity index (χ3n) is 2.76. The second kappa shape index (κ2) is 3.39. The van der Waals surface area contributed by atoms with Gasteiger partial charge in [-0.3, -0.25) is 0 Å². The van der Waals surface area contributed by atoms with E-state index in [1.807, 2.05) is 18.2 Å². The summed E-state index contributed by atoms with van der Waals surface area (Å²) in [6.45, 7) is 0. The number of ether oxygens (including phenoxy) is 1. The lowest BCUT2D eigenvalue weighted by atomic mass is 9.92. The number of fused-ring (bicyclic) bond motifs is 3. The van der Waals surface area contributed by atoms with E-state index in [1.54, 1.807) is 0 Å². The second-order valence-corrected chi connectivity index (χ2v) is 4.98. The van der Waals surface area contributed by atoms with Crippen LogP contribution in [0.5, 0.6) is 5.75 Å². The maximum Gasteiger partial charge on any atom is 0.132 e. The molecular formula is C12H8BrClO. The molecule has 76 valence electrons. The molecule has 1 nitrogen and oxygen atoms in total. The van der Waals surface area contributed by atoms with Crippen LogP contribution in [-0.2, 0) is 0 Å². The summed E-state index contributed by atoms with van der Waals surface area (Å²) in [6.07, 6.45) is 5.20. The quantitative estimate of drug-likeness (QED) is 0.686. The molecule has 1 aromatic rings. The fourth-order valence-electron chi connectivity index (χ4n) is 2.05. The fraction of sp³-hybridized carbons (Fsp3) is 0.167. The summed E-state index contributed by atoms with van der Waals surface area (Å²) in [5, 5.41) is 0.720. The van der Waals surface area contributed by atoms with Crippen molar-refractivity contribution in [1.82, 2.24) is 0 Å². The van der Waals surface area contributed by atoms with Crippen molar-refractivity contribution in [3.63, 3.8) is 0 Å². The number of rotatable bonds is 0. The maximum atomic E-state index is 5.93. The van der Waals surface area contributed by atoms with Crippen LogP contribution in [-0.4, -0.2) is 0 Å². The molecule has 0 N–H and O–H groups in total. The van der Waals surface area contributed by atoms with Gasteiger partial charge in [-0.05, 0) is 40.6 Å². The molecule has 0 aromatic heterocycles. The number of hydrogen-bond donors (Lipinski definition) is 0. The monoisotopic (exact) mass is 282 g/mol. The summed E-state index contributed by atoms with van der Waals surface area (Å²) in [6, 6.07) is 5.84. The molecule has 0 radical (unpaired) electrons. The van der Waals surface area contributed by atoms with Crippen LogP contribution < -0.4 is 4.74 Å². The van der Waals surface area contributed by atoms with Crippen LogP contribution in [0.1, 0.15) is 17.9 Å². The van der Waals surface area contributed by atoms with E-state index in [0.29, 0.717) is 5.92 Å². The first kappa shape index (κ1) is 9.49. The number of hydrogen-bond acceptors (Lipinski definition) is 1. The third-order valence-corrected chi connectivity index (χ3v) is 3.65. The first-order valence-corrected chi connectivity index (χ1v) is 5.96. The predicted molar refractivity (Wildman–Crippen MR) is 64.5 cm³/mol. The van der Waals surface area contributed by atoms with Gasteiger partial charge in [0.2, 0.25) is 0 Å². The molecule has 1 heterocycles. The molecule has 0 saturated carbocycles. The van der Waals surface area contributed by atoms with Gasteiger partial charge in [-0.25, -0.2) is 0 Å². The maximum absolute atomic E-state index is 5.93. The fourth-order valence-corrected chi connectivity index (χ4v) is 2.76. The Kier molecular flexibility index (Phi) is 2.15. The Labute approximate surface area is 102 Å². The van der Waals surface area contributed by atoms with E-state index in [2.05, 4.69) is 28.1 Å². The summed E-state index contributed by atoms with van der Waals surface area (Å²) in [4.78, 5) is 0. The summed E-state index contributed by atoms with van der Waals surface area (Å²) in [5.74, 6) is 2.26. The van der Waals surface area contributed by atoms with Crippen LogP contribution in [0.2, 0.25) is 5.02 Å². The minimum atomic E-state index is 0.358. The predicted octanol–water partition coefficient (Wildman–Crippen LogP) is 4.38. The molecule has 3 rings (SSSR count). The zero-order valence-electron chi connectivity index (χ0n) is 7.84. The lowest BCUT2D eigenvalue weighted by Crippen LogP contribution is -2.02. The highest BCUT2D eigenvalue weighted by atomic mass is 79.9. The number of halogens is 2. The Hall–Kier alpha value is -0.730. The first-order valence-electron chi connectivity index (χ1n) is 4.79. The Bertz CT molecular complexity index is 490. The Morgan fingerprint density at radius 3 is 3.13 bits per heavy atom. The lowest BCUT2D eigenvalue weighted by Gasteiger charge is -2.13. The number of allylic oxidation sites excluding steroid dienone is 4. The smallest absolute Gasteiger partial charge is 0.132 e. The van der Waals surface area contributed by atoms with Gasteiger partial charge in [0.25, 0.3) is 0 Å². The molecule has 2 aliphatic rings. The standard InChI is InChI=1S/C12H8BrClO/c13-10-3-1-2-9-8-5-4-7(14)6-11(8)15-12(9)10/h1,3-6,9H,2H2. The Morgan fingerprint density at radius 2 is 2.27 bits per heavy atom. The molecule has 1 atom stereocenters. The minimum Gasteiger partial charge on any atom is -0.460 e. The van der Waals surface area contributed by atoms with Crippen LogP contribution in [0.3, 0.4) is 0 Å². The molecule has 0 saturated heterocycles. The molecule has 1 aromatic carbocycles. The highest BCUT2D eigenvalue weighted by molar-refractivity contribution is 9.11. The van der Waals surface area contributed by atoms with Gasteiger partial charge in [0, 0.05) is 10.6 Å². The Morgan fingerprint density at radius 1 is 1.40 bits per heavy atom. The van der Waals surface area contributed by atoms with Crippen LogP contribution in [0.15, 0.2) is 40.6 Å². The topological polar surface area (TPSA) is 9.23 Å². The van der Waals surface area contributed by atoms with Crippen LogP contribution >= 0.6 is 27.5 Å². The van der Waals surface area contributed by atoms with Crippen molar-refractivity contribution < 1.29 is 4.74 Å². The van der Waals surface area contributed by atoms with Gasteiger partial charge in [0.15, 0.2) is 0 Å². The van der Waals surface area contributed by atoms with Gasteiger partial charge in [0.05, 0.1) is 10.4 Å². The molecule has 15 heavy (non-hydrogen) atoms. The molecular weight excluding hydrogens is 275 g/mol. The molecule has 0 bridgehead atoms. The van der Waals surface area contributed by atoms with Crippen molar-refractivity contribution in [2.45, 2.75) is 12.3 Å². The van der Waals surface area contributed by atoms with E-state index < -0.39 is 0 Å². The van der Waals surface area contributed by atoms with Gasteiger partial charge >= 0.3 is 0 Å². The van der Waals surface area contributed by atoms with Crippen LogP contribution in [0, 0.1) is 0 Å².